The van der Waals surface area contributed by atoms with Gasteiger partial charge in [-0.1, -0.05) is 0 Å². The zero-order valence-electron chi connectivity index (χ0n) is 7.41. The molecule has 0 aliphatic carbocycles. The monoisotopic (exact) mass is 166 g/mol. The molecule has 0 aromatic carbocycles. The van der Waals surface area contributed by atoms with E-state index in [4.69, 9.17) is 10.8 Å². The maximum absolute atomic E-state index is 9.02. The molecule has 3 N–H and O–H groups in total. The Hall–Kier alpha value is -0.930. The Kier molecular flexibility index (Phi) is 2.45. The van der Waals surface area contributed by atoms with Gasteiger partial charge in [0.05, 0.1) is 12.1 Å². The number of hydrogen-bond donors (Lipinski definition) is 2. The molecule has 0 fully saturated rings. The van der Waals surface area contributed by atoms with E-state index in [0.29, 0.717) is 0 Å². The standard InChI is InChI=1S/C9H14N2O/c1-7-3-4-11-5-8(7)9(2,10)6-12/h3-5,12H,6,10H2,1-2H3/t9-/m0/s1. The van der Waals surface area contributed by atoms with Crippen molar-refractivity contribution < 1.29 is 5.11 Å². The van der Waals surface area contributed by atoms with Gasteiger partial charge in [0.2, 0.25) is 0 Å². The zero-order chi connectivity index (χ0) is 9.19. The predicted molar refractivity (Wildman–Crippen MR) is 47.6 cm³/mol. The van der Waals surface area contributed by atoms with E-state index in [1.54, 1.807) is 19.3 Å². The Bertz CT molecular complexity index is 271. The Labute approximate surface area is 72.2 Å². The van der Waals surface area contributed by atoms with Crippen molar-refractivity contribution in [2.75, 3.05) is 6.61 Å². The van der Waals surface area contributed by atoms with E-state index in [0.717, 1.165) is 11.1 Å². The summed E-state index contributed by atoms with van der Waals surface area (Å²) in [5, 5.41) is 9.02. The summed E-state index contributed by atoms with van der Waals surface area (Å²) >= 11 is 0. The molecule has 0 spiro atoms. The number of rotatable bonds is 2. The van der Waals surface area contributed by atoms with Crippen molar-refractivity contribution in [3.63, 3.8) is 0 Å². The molecule has 1 aromatic heterocycles. The van der Waals surface area contributed by atoms with Crippen molar-refractivity contribution in [2.45, 2.75) is 19.4 Å². The first-order chi connectivity index (χ1) is 5.58. The van der Waals surface area contributed by atoms with Gasteiger partial charge in [0.15, 0.2) is 0 Å². The minimum atomic E-state index is -0.682. The third-order valence-electron chi connectivity index (χ3n) is 1.98. The molecule has 1 heterocycles. The molecule has 0 unspecified atom stereocenters. The lowest BCUT2D eigenvalue weighted by atomic mass is 9.92. The maximum Gasteiger partial charge on any atom is 0.0651 e. The van der Waals surface area contributed by atoms with Crippen molar-refractivity contribution in [2.24, 2.45) is 5.73 Å². The molecule has 3 heteroatoms. The van der Waals surface area contributed by atoms with Crippen LogP contribution in [0.3, 0.4) is 0 Å². The second-order valence-electron chi connectivity index (χ2n) is 3.27. The van der Waals surface area contributed by atoms with Crippen LogP contribution < -0.4 is 5.73 Å². The van der Waals surface area contributed by atoms with Gasteiger partial charge in [-0.25, -0.2) is 0 Å². The van der Waals surface area contributed by atoms with Crippen LogP contribution in [0, 0.1) is 6.92 Å². The van der Waals surface area contributed by atoms with Crippen LogP contribution in [0.25, 0.3) is 0 Å². The minimum absolute atomic E-state index is 0.0699. The molecule has 0 bridgehead atoms. The van der Waals surface area contributed by atoms with E-state index in [1.807, 2.05) is 13.0 Å². The van der Waals surface area contributed by atoms with Gasteiger partial charge >= 0.3 is 0 Å². The molecular formula is C9H14N2O. The summed E-state index contributed by atoms with van der Waals surface area (Å²) in [6.07, 6.45) is 3.41. The molecule has 1 aromatic rings. The summed E-state index contributed by atoms with van der Waals surface area (Å²) in [5.74, 6) is 0. The first kappa shape index (κ1) is 9.16. The summed E-state index contributed by atoms with van der Waals surface area (Å²) in [6, 6.07) is 1.89. The lowest BCUT2D eigenvalue weighted by Crippen LogP contribution is -2.37. The van der Waals surface area contributed by atoms with Crippen LogP contribution in [-0.4, -0.2) is 16.7 Å². The van der Waals surface area contributed by atoms with Crippen LogP contribution >= 0.6 is 0 Å². The van der Waals surface area contributed by atoms with Crippen molar-refractivity contribution in [1.29, 1.82) is 0 Å². The molecule has 3 nitrogen and oxygen atoms in total. The summed E-state index contributed by atoms with van der Waals surface area (Å²) in [5.41, 5.74) is 7.12. The molecule has 0 radical (unpaired) electrons. The van der Waals surface area contributed by atoms with Crippen LogP contribution in [-0.2, 0) is 5.54 Å². The molecule has 1 atom stereocenters. The quantitative estimate of drug-likeness (QED) is 0.674. The molecule has 0 amide bonds. The summed E-state index contributed by atoms with van der Waals surface area (Å²) < 4.78 is 0. The van der Waals surface area contributed by atoms with Gasteiger partial charge in [-0.3, -0.25) is 4.98 Å². The van der Waals surface area contributed by atoms with Crippen LogP contribution in [0.15, 0.2) is 18.5 Å². The second kappa shape index (κ2) is 3.21. The summed E-state index contributed by atoms with van der Waals surface area (Å²) in [6.45, 7) is 3.67. The third-order valence-corrected chi connectivity index (χ3v) is 1.98. The Balaban J connectivity index is 3.10. The predicted octanol–water partition coefficient (Wildman–Crippen LogP) is 0.556. The normalized spacial score (nSPS) is 15.7. The lowest BCUT2D eigenvalue weighted by molar-refractivity contribution is 0.209. The zero-order valence-corrected chi connectivity index (χ0v) is 7.41. The van der Waals surface area contributed by atoms with E-state index in [-0.39, 0.29) is 6.61 Å². The van der Waals surface area contributed by atoms with E-state index in [1.165, 1.54) is 0 Å². The molecule has 12 heavy (non-hydrogen) atoms. The number of pyridine rings is 1. The molecule has 66 valence electrons. The fourth-order valence-corrected chi connectivity index (χ4v) is 1.15. The van der Waals surface area contributed by atoms with Crippen molar-refractivity contribution in [3.8, 4) is 0 Å². The number of aromatic nitrogens is 1. The molecule has 0 aliphatic heterocycles. The van der Waals surface area contributed by atoms with Crippen LogP contribution in [0.4, 0.5) is 0 Å². The summed E-state index contributed by atoms with van der Waals surface area (Å²) in [7, 11) is 0. The van der Waals surface area contributed by atoms with Gasteiger partial charge in [-0.05, 0) is 31.0 Å². The molecule has 1 rings (SSSR count). The lowest BCUT2D eigenvalue weighted by Gasteiger charge is -2.23. The number of nitrogens with two attached hydrogens (primary N) is 1. The first-order valence-corrected chi connectivity index (χ1v) is 3.89. The third kappa shape index (κ3) is 1.62. The summed E-state index contributed by atoms with van der Waals surface area (Å²) in [4.78, 5) is 3.97. The van der Waals surface area contributed by atoms with Gasteiger partial charge in [0.1, 0.15) is 0 Å². The average molecular weight is 166 g/mol. The minimum Gasteiger partial charge on any atom is -0.394 e. The van der Waals surface area contributed by atoms with Crippen LogP contribution in [0.1, 0.15) is 18.1 Å². The van der Waals surface area contributed by atoms with Crippen LogP contribution in [0.5, 0.6) is 0 Å². The highest BCUT2D eigenvalue weighted by molar-refractivity contribution is 5.28. The number of aliphatic hydroxyl groups is 1. The highest BCUT2D eigenvalue weighted by atomic mass is 16.3. The molecule has 0 saturated carbocycles. The van der Waals surface area contributed by atoms with Crippen LogP contribution in [0.2, 0.25) is 0 Å². The largest absolute Gasteiger partial charge is 0.394 e. The maximum atomic E-state index is 9.02. The van der Waals surface area contributed by atoms with E-state index in [2.05, 4.69) is 4.98 Å². The van der Waals surface area contributed by atoms with Crippen molar-refractivity contribution in [1.82, 2.24) is 4.98 Å². The molecule has 0 saturated heterocycles. The van der Waals surface area contributed by atoms with E-state index < -0.39 is 5.54 Å². The van der Waals surface area contributed by atoms with E-state index in [9.17, 15) is 0 Å². The van der Waals surface area contributed by atoms with Gasteiger partial charge < -0.3 is 10.8 Å². The van der Waals surface area contributed by atoms with Crippen molar-refractivity contribution >= 4 is 0 Å². The van der Waals surface area contributed by atoms with Crippen molar-refractivity contribution in [3.05, 3.63) is 29.6 Å². The highest BCUT2D eigenvalue weighted by Gasteiger charge is 2.21. The van der Waals surface area contributed by atoms with Gasteiger partial charge in [-0.15, -0.1) is 0 Å². The Morgan fingerprint density at radius 1 is 1.67 bits per heavy atom. The fraction of sp³-hybridized carbons (Fsp3) is 0.444. The smallest absolute Gasteiger partial charge is 0.0651 e. The molecule has 0 aliphatic rings. The second-order valence-corrected chi connectivity index (χ2v) is 3.27. The number of aryl methyl sites for hydroxylation is 1. The number of aliphatic hydroxyl groups excluding tert-OH is 1. The highest BCUT2D eigenvalue weighted by Crippen LogP contribution is 2.19. The van der Waals surface area contributed by atoms with Gasteiger partial charge in [0.25, 0.3) is 0 Å². The Morgan fingerprint density at radius 3 is 2.83 bits per heavy atom. The van der Waals surface area contributed by atoms with Gasteiger partial charge in [0, 0.05) is 12.4 Å². The first-order valence-electron chi connectivity index (χ1n) is 3.89. The van der Waals surface area contributed by atoms with E-state index >= 15 is 0 Å². The fourth-order valence-electron chi connectivity index (χ4n) is 1.15. The SMILES string of the molecule is Cc1ccncc1[C@@](C)(N)CO. The van der Waals surface area contributed by atoms with Gasteiger partial charge in [-0.2, -0.15) is 0 Å². The Morgan fingerprint density at radius 2 is 2.33 bits per heavy atom. The molecular weight excluding hydrogens is 152 g/mol. The topological polar surface area (TPSA) is 59.1 Å². The average Bonchev–Trinajstić information content (AvgIpc) is 2.05. The number of hydrogen-bond acceptors (Lipinski definition) is 3. The number of nitrogens with zero attached hydrogens (tertiary/aromatic N) is 1.